The molecule has 2 N–H and O–H groups in total. The van der Waals surface area contributed by atoms with Crippen LogP contribution in [0, 0.1) is 11.6 Å². The number of amides is 2. The molecule has 2 heterocycles. The molecule has 0 aliphatic carbocycles. The van der Waals surface area contributed by atoms with Crippen molar-refractivity contribution in [3.63, 3.8) is 0 Å². The number of hydrogen-bond donors (Lipinski definition) is 2. The summed E-state index contributed by atoms with van der Waals surface area (Å²) in [6, 6.07) is 8.67. The van der Waals surface area contributed by atoms with Crippen LogP contribution in [0.3, 0.4) is 0 Å². The largest absolute Gasteiger partial charge is 0.442 e. The highest BCUT2D eigenvalue weighted by atomic mass is 28.4. The average molecular weight is 560 g/mol. The molecule has 39 heavy (non-hydrogen) atoms. The second-order valence-corrected chi connectivity index (χ2v) is 16.1. The number of carbonyl (C=O) groups is 2. The van der Waals surface area contributed by atoms with E-state index >= 15 is 8.78 Å². The van der Waals surface area contributed by atoms with Gasteiger partial charge < -0.3 is 14.5 Å². The number of nitrogens with zero attached hydrogens (tertiary/aromatic N) is 1. The highest BCUT2D eigenvalue weighted by Crippen LogP contribution is 2.37. The van der Waals surface area contributed by atoms with Crippen LogP contribution in [0.25, 0.3) is 16.8 Å². The summed E-state index contributed by atoms with van der Waals surface area (Å²) in [5.74, 6) is -1.52. The molecule has 2 aliphatic rings. The predicted octanol–water partition coefficient (Wildman–Crippen LogP) is 5.36. The Morgan fingerprint density at radius 2 is 1.82 bits per heavy atom. The van der Waals surface area contributed by atoms with Crippen LogP contribution in [0.1, 0.15) is 33.3 Å². The smallest absolute Gasteiger partial charge is 0.414 e. The Labute approximate surface area is 228 Å². The van der Waals surface area contributed by atoms with E-state index in [1.54, 1.807) is 6.07 Å². The summed E-state index contributed by atoms with van der Waals surface area (Å²) in [5, 5.41) is 2.67. The van der Waals surface area contributed by atoms with Crippen molar-refractivity contribution in [1.29, 1.82) is 0 Å². The number of cyclic esters (lactones) is 1. The minimum absolute atomic E-state index is 0.0652. The van der Waals surface area contributed by atoms with Gasteiger partial charge in [0.15, 0.2) is 8.32 Å². The topological polar surface area (TPSA) is 89.1 Å². The maximum atomic E-state index is 15.2. The van der Waals surface area contributed by atoms with Crippen molar-refractivity contribution in [3.8, 4) is 11.1 Å². The Kier molecular flexibility index (Phi) is 8.15. The zero-order valence-electron chi connectivity index (χ0n) is 23.1. The molecule has 4 rings (SSSR count). The number of hydroxylamine groups is 1. The summed E-state index contributed by atoms with van der Waals surface area (Å²) in [5.41, 5.74) is 4.46. The quantitative estimate of drug-likeness (QED) is 0.424. The Balaban J connectivity index is 1.45. The molecule has 2 atom stereocenters. The second kappa shape index (κ2) is 11.1. The first kappa shape index (κ1) is 28.7. The first-order valence-electron chi connectivity index (χ1n) is 12.8. The Morgan fingerprint density at radius 1 is 1.15 bits per heavy atom. The van der Waals surface area contributed by atoms with E-state index in [-0.39, 0.29) is 47.0 Å². The fraction of sp³-hybridized carbons (Fsp3) is 0.429. The van der Waals surface area contributed by atoms with Gasteiger partial charge in [0.25, 0.3) is 0 Å². The fourth-order valence-electron chi connectivity index (χ4n) is 4.03. The van der Waals surface area contributed by atoms with E-state index in [0.29, 0.717) is 17.9 Å². The van der Waals surface area contributed by atoms with Crippen LogP contribution in [0.5, 0.6) is 0 Å². The third-order valence-corrected chi connectivity index (χ3v) is 11.9. The molecular formula is C28H35F2N3O5Si. The van der Waals surface area contributed by atoms with Gasteiger partial charge in [-0.25, -0.2) is 13.6 Å². The first-order chi connectivity index (χ1) is 18.2. The lowest BCUT2D eigenvalue weighted by Gasteiger charge is -2.36. The van der Waals surface area contributed by atoms with Crippen molar-refractivity contribution in [2.45, 2.75) is 58.0 Å². The molecule has 210 valence electrons. The maximum absolute atomic E-state index is 15.2. The average Bonchev–Trinajstić information content (AvgIpc) is 3.47. The molecule has 0 radical (unpaired) electrons. The van der Waals surface area contributed by atoms with Crippen molar-refractivity contribution in [2.75, 3.05) is 24.6 Å². The van der Waals surface area contributed by atoms with Gasteiger partial charge in [-0.1, -0.05) is 32.9 Å². The zero-order chi connectivity index (χ0) is 28.5. The van der Waals surface area contributed by atoms with Crippen LogP contribution < -0.4 is 15.7 Å². The number of benzene rings is 2. The molecule has 0 saturated carbocycles. The van der Waals surface area contributed by atoms with Gasteiger partial charge in [-0.2, -0.15) is 0 Å². The van der Waals surface area contributed by atoms with Gasteiger partial charge >= 0.3 is 6.09 Å². The Hall–Kier alpha value is -3.28. The Bertz CT molecular complexity index is 1290. The van der Waals surface area contributed by atoms with Crippen LogP contribution in [0.2, 0.25) is 18.1 Å². The molecule has 8 nitrogen and oxygen atoms in total. The van der Waals surface area contributed by atoms with Crippen LogP contribution in [-0.4, -0.2) is 52.2 Å². The highest BCUT2D eigenvalue weighted by molar-refractivity contribution is 6.74. The van der Waals surface area contributed by atoms with Crippen molar-refractivity contribution in [2.24, 2.45) is 0 Å². The fourth-order valence-corrected chi connectivity index (χ4v) is 5.04. The number of ether oxygens (including phenoxy) is 1. The third kappa shape index (κ3) is 6.48. The van der Waals surface area contributed by atoms with E-state index in [9.17, 15) is 9.59 Å². The standard InChI is InChI=1S/C28H35F2N3O5Si/c1-17(34)31-14-21-15-33(27(35)37-21)19-8-10-23(25(30)12-19)22-9-7-18(11-24(22)29)26-13-20(38-32-26)16-36-39(5,6)28(2,3)4/h7-13,20-21,32H,14-16H2,1-6H3,(H,31,34)/t20?,21-/m0/s1. The molecule has 2 aromatic rings. The zero-order valence-corrected chi connectivity index (χ0v) is 24.1. The van der Waals surface area contributed by atoms with Gasteiger partial charge in [0.05, 0.1) is 31.1 Å². The van der Waals surface area contributed by atoms with Crippen LogP contribution in [0.15, 0.2) is 42.5 Å². The minimum Gasteiger partial charge on any atom is -0.442 e. The van der Waals surface area contributed by atoms with E-state index in [1.807, 2.05) is 6.08 Å². The Morgan fingerprint density at radius 3 is 2.44 bits per heavy atom. The number of halogens is 2. The molecular weight excluding hydrogens is 524 g/mol. The van der Waals surface area contributed by atoms with E-state index in [4.69, 9.17) is 14.0 Å². The van der Waals surface area contributed by atoms with Crippen LogP contribution >= 0.6 is 0 Å². The summed E-state index contributed by atoms with van der Waals surface area (Å²) in [6.07, 6.45) is 0.359. The van der Waals surface area contributed by atoms with Gasteiger partial charge in [-0.3, -0.25) is 20.0 Å². The summed E-state index contributed by atoms with van der Waals surface area (Å²) in [7, 11) is -1.94. The number of anilines is 1. The van der Waals surface area contributed by atoms with E-state index < -0.39 is 32.1 Å². The van der Waals surface area contributed by atoms with Gasteiger partial charge in [0.1, 0.15) is 23.8 Å². The summed E-state index contributed by atoms with van der Waals surface area (Å²) >= 11 is 0. The van der Waals surface area contributed by atoms with Crippen molar-refractivity contribution in [3.05, 3.63) is 59.7 Å². The molecule has 0 bridgehead atoms. The number of nitrogens with one attached hydrogen (secondary N) is 2. The molecule has 1 saturated heterocycles. The third-order valence-electron chi connectivity index (χ3n) is 7.37. The highest BCUT2D eigenvalue weighted by Gasteiger charge is 2.38. The summed E-state index contributed by atoms with van der Waals surface area (Å²) in [4.78, 5) is 30.3. The molecule has 2 aromatic carbocycles. The summed E-state index contributed by atoms with van der Waals surface area (Å²) < 4.78 is 41.7. The van der Waals surface area contributed by atoms with Crippen LogP contribution in [-0.2, 0) is 18.8 Å². The van der Waals surface area contributed by atoms with Gasteiger partial charge in [0, 0.05) is 23.6 Å². The molecule has 2 amide bonds. The monoisotopic (exact) mass is 559 g/mol. The molecule has 0 spiro atoms. The van der Waals surface area contributed by atoms with E-state index in [1.165, 1.54) is 42.2 Å². The van der Waals surface area contributed by atoms with E-state index in [2.05, 4.69) is 44.7 Å². The van der Waals surface area contributed by atoms with E-state index in [0.717, 1.165) is 0 Å². The predicted molar refractivity (Wildman–Crippen MR) is 147 cm³/mol. The van der Waals surface area contributed by atoms with Gasteiger partial charge in [-0.05, 0) is 48.5 Å². The van der Waals surface area contributed by atoms with Gasteiger partial charge in [0.2, 0.25) is 5.91 Å². The second-order valence-electron chi connectivity index (χ2n) is 11.3. The lowest BCUT2D eigenvalue weighted by Crippen LogP contribution is -2.42. The van der Waals surface area contributed by atoms with Crippen LogP contribution in [0.4, 0.5) is 19.3 Å². The molecule has 0 aromatic heterocycles. The molecule has 2 aliphatic heterocycles. The first-order valence-corrected chi connectivity index (χ1v) is 15.8. The number of rotatable bonds is 8. The molecule has 1 fully saturated rings. The minimum atomic E-state index is -1.94. The number of hydrogen-bond acceptors (Lipinski definition) is 6. The lowest BCUT2D eigenvalue weighted by molar-refractivity contribution is -0.119. The lowest BCUT2D eigenvalue weighted by atomic mass is 10.0. The SMILES string of the molecule is CC(=O)NC[C@H]1CN(c2ccc(-c3ccc(C4=CC(CO[Si](C)(C)C(C)(C)C)ON4)cc3F)c(F)c2)C(=O)O1. The molecule has 1 unspecified atom stereocenters. The van der Waals surface area contributed by atoms with Crippen molar-refractivity contribution < 1.29 is 32.4 Å². The maximum Gasteiger partial charge on any atom is 0.414 e. The normalized spacial score (nSPS) is 19.5. The van der Waals surface area contributed by atoms with Crippen molar-refractivity contribution >= 4 is 31.7 Å². The summed E-state index contributed by atoms with van der Waals surface area (Å²) in [6.45, 7) is 12.9. The number of carbonyl (C=O) groups excluding carboxylic acids is 2. The van der Waals surface area contributed by atoms with Gasteiger partial charge in [-0.15, -0.1) is 0 Å². The van der Waals surface area contributed by atoms with Crippen molar-refractivity contribution in [1.82, 2.24) is 10.8 Å². The molecule has 11 heteroatoms.